The van der Waals surface area contributed by atoms with Crippen LogP contribution in [0, 0.1) is 6.92 Å². The summed E-state index contributed by atoms with van der Waals surface area (Å²) in [6, 6.07) is 7.98. The van der Waals surface area contributed by atoms with Crippen molar-refractivity contribution >= 4 is 0 Å². The van der Waals surface area contributed by atoms with Crippen molar-refractivity contribution in [3.05, 3.63) is 48.0 Å². The van der Waals surface area contributed by atoms with Crippen LogP contribution in [-0.2, 0) is 6.54 Å². The fourth-order valence-electron chi connectivity index (χ4n) is 1.77. The van der Waals surface area contributed by atoms with Gasteiger partial charge in [0, 0.05) is 18.4 Å². The van der Waals surface area contributed by atoms with Crippen LogP contribution < -0.4 is 10.5 Å². The summed E-state index contributed by atoms with van der Waals surface area (Å²) in [5, 5.41) is 0. The highest BCUT2D eigenvalue weighted by Gasteiger charge is 2.00. The van der Waals surface area contributed by atoms with Crippen LogP contribution in [0.3, 0.4) is 0 Å². The minimum atomic E-state index is 0.0626. The molecular weight excluding hydrogens is 226 g/mol. The van der Waals surface area contributed by atoms with Crippen molar-refractivity contribution in [2.45, 2.75) is 26.4 Å². The third-order valence-corrected chi connectivity index (χ3v) is 2.93. The maximum atomic E-state index is 5.79. The van der Waals surface area contributed by atoms with Crippen molar-refractivity contribution < 1.29 is 4.74 Å². The fraction of sp³-hybridized carbons (Fsp3) is 0.357. The molecular formula is C14H19N3O. The third kappa shape index (κ3) is 3.11. The van der Waals surface area contributed by atoms with Crippen molar-refractivity contribution in [3.63, 3.8) is 0 Å². The number of nitrogens with zero attached hydrogens (tertiary/aromatic N) is 2. The van der Waals surface area contributed by atoms with Gasteiger partial charge in [0.15, 0.2) is 0 Å². The zero-order valence-corrected chi connectivity index (χ0v) is 10.8. The summed E-state index contributed by atoms with van der Waals surface area (Å²) in [4.78, 5) is 4.17. The second-order valence-electron chi connectivity index (χ2n) is 4.37. The van der Waals surface area contributed by atoms with Crippen LogP contribution >= 0.6 is 0 Å². The molecule has 4 heteroatoms. The van der Waals surface area contributed by atoms with Gasteiger partial charge in [-0.15, -0.1) is 0 Å². The van der Waals surface area contributed by atoms with E-state index in [1.165, 1.54) is 0 Å². The van der Waals surface area contributed by atoms with E-state index in [1.807, 2.05) is 44.3 Å². The van der Waals surface area contributed by atoms with Crippen LogP contribution in [0.2, 0.25) is 0 Å². The van der Waals surface area contributed by atoms with Crippen LogP contribution in [-0.4, -0.2) is 16.2 Å². The van der Waals surface area contributed by atoms with E-state index in [4.69, 9.17) is 10.5 Å². The van der Waals surface area contributed by atoms with Gasteiger partial charge in [-0.25, -0.2) is 4.98 Å². The zero-order valence-electron chi connectivity index (χ0n) is 10.8. The van der Waals surface area contributed by atoms with Crippen LogP contribution in [0.15, 0.2) is 36.7 Å². The van der Waals surface area contributed by atoms with Gasteiger partial charge in [-0.1, -0.05) is 12.1 Å². The highest BCUT2D eigenvalue weighted by molar-refractivity contribution is 5.28. The number of hydrogen-bond acceptors (Lipinski definition) is 3. The second kappa shape index (κ2) is 5.69. The summed E-state index contributed by atoms with van der Waals surface area (Å²) in [7, 11) is 0. The lowest BCUT2D eigenvalue weighted by atomic mass is 10.1. The molecule has 0 bridgehead atoms. The summed E-state index contributed by atoms with van der Waals surface area (Å²) in [6.45, 7) is 5.39. The molecule has 0 aliphatic carbocycles. The summed E-state index contributed by atoms with van der Waals surface area (Å²) in [5.74, 6) is 1.88. The molecule has 2 aromatic rings. The average molecular weight is 245 g/mol. The third-order valence-electron chi connectivity index (χ3n) is 2.93. The molecule has 0 fully saturated rings. The van der Waals surface area contributed by atoms with Gasteiger partial charge in [-0.3, -0.25) is 0 Å². The molecule has 18 heavy (non-hydrogen) atoms. The van der Waals surface area contributed by atoms with E-state index in [0.29, 0.717) is 6.61 Å². The van der Waals surface area contributed by atoms with Gasteiger partial charge in [-0.2, -0.15) is 0 Å². The van der Waals surface area contributed by atoms with Crippen LogP contribution in [0.25, 0.3) is 0 Å². The first-order valence-electron chi connectivity index (χ1n) is 6.13. The molecule has 1 heterocycles. The van der Waals surface area contributed by atoms with Crippen molar-refractivity contribution in [2.75, 3.05) is 6.61 Å². The number of rotatable bonds is 5. The summed E-state index contributed by atoms with van der Waals surface area (Å²) >= 11 is 0. The Balaban J connectivity index is 1.85. The molecule has 2 N–H and O–H groups in total. The monoisotopic (exact) mass is 245 g/mol. The van der Waals surface area contributed by atoms with E-state index in [-0.39, 0.29) is 6.04 Å². The maximum absolute atomic E-state index is 5.79. The van der Waals surface area contributed by atoms with Crippen molar-refractivity contribution in [3.8, 4) is 5.75 Å². The second-order valence-corrected chi connectivity index (χ2v) is 4.37. The molecule has 0 amide bonds. The lowest BCUT2D eigenvalue weighted by Gasteiger charge is -2.10. The molecule has 0 radical (unpaired) electrons. The largest absolute Gasteiger partial charge is 0.492 e. The van der Waals surface area contributed by atoms with Gasteiger partial charge >= 0.3 is 0 Å². The molecule has 1 atom stereocenters. The van der Waals surface area contributed by atoms with Crippen molar-refractivity contribution in [2.24, 2.45) is 5.73 Å². The average Bonchev–Trinajstić information content (AvgIpc) is 2.76. The molecule has 0 aliphatic rings. The SMILES string of the molecule is Cc1nccn1CCOc1ccc(C(C)N)cc1. The predicted octanol–water partition coefficient (Wildman–Crippen LogP) is 2.29. The molecule has 0 saturated carbocycles. The number of ether oxygens (including phenoxy) is 1. The van der Waals surface area contributed by atoms with Gasteiger partial charge in [0.05, 0.1) is 6.54 Å². The smallest absolute Gasteiger partial charge is 0.119 e. The van der Waals surface area contributed by atoms with E-state index in [1.54, 1.807) is 6.20 Å². The van der Waals surface area contributed by atoms with E-state index in [0.717, 1.165) is 23.7 Å². The van der Waals surface area contributed by atoms with Gasteiger partial charge < -0.3 is 15.0 Å². The number of aryl methyl sites for hydroxylation is 1. The molecule has 1 unspecified atom stereocenters. The number of hydrogen-bond donors (Lipinski definition) is 1. The minimum Gasteiger partial charge on any atom is -0.492 e. The van der Waals surface area contributed by atoms with Gasteiger partial charge in [-0.05, 0) is 31.5 Å². The Kier molecular flexibility index (Phi) is 3.99. The molecule has 0 spiro atoms. The van der Waals surface area contributed by atoms with Crippen molar-refractivity contribution in [1.82, 2.24) is 9.55 Å². The molecule has 4 nitrogen and oxygen atoms in total. The number of benzene rings is 1. The van der Waals surface area contributed by atoms with E-state index in [9.17, 15) is 0 Å². The highest BCUT2D eigenvalue weighted by atomic mass is 16.5. The lowest BCUT2D eigenvalue weighted by Crippen LogP contribution is -2.09. The molecule has 1 aromatic carbocycles. The molecule has 0 saturated heterocycles. The minimum absolute atomic E-state index is 0.0626. The maximum Gasteiger partial charge on any atom is 0.119 e. The van der Waals surface area contributed by atoms with Crippen LogP contribution in [0.4, 0.5) is 0 Å². The molecule has 96 valence electrons. The number of nitrogens with two attached hydrogens (primary N) is 1. The zero-order chi connectivity index (χ0) is 13.0. The summed E-state index contributed by atoms with van der Waals surface area (Å²) in [6.07, 6.45) is 3.75. The van der Waals surface area contributed by atoms with Crippen molar-refractivity contribution in [1.29, 1.82) is 0 Å². The Labute approximate surface area is 107 Å². The molecule has 0 aliphatic heterocycles. The van der Waals surface area contributed by atoms with Crippen LogP contribution in [0.1, 0.15) is 24.4 Å². The van der Waals surface area contributed by atoms with E-state index in [2.05, 4.69) is 9.55 Å². The van der Waals surface area contributed by atoms with E-state index < -0.39 is 0 Å². The van der Waals surface area contributed by atoms with Gasteiger partial charge in [0.25, 0.3) is 0 Å². The normalized spacial score (nSPS) is 12.4. The Hall–Kier alpha value is -1.81. The topological polar surface area (TPSA) is 53.1 Å². The number of imidazole rings is 1. The standard InChI is InChI=1S/C14H19N3O/c1-11(15)13-3-5-14(6-4-13)18-10-9-17-8-7-16-12(17)2/h3-8,11H,9-10,15H2,1-2H3. The molecule has 1 aromatic heterocycles. The van der Waals surface area contributed by atoms with Gasteiger partial charge in [0.2, 0.25) is 0 Å². The Morgan fingerprint density at radius 1 is 1.33 bits per heavy atom. The Morgan fingerprint density at radius 3 is 2.61 bits per heavy atom. The Morgan fingerprint density at radius 2 is 2.06 bits per heavy atom. The van der Waals surface area contributed by atoms with Gasteiger partial charge in [0.1, 0.15) is 18.2 Å². The fourth-order valence-corrected chi connectivity index (χ4v) is 1.77. The summed E-state index contributed by atoms with van der Waals surface area (Å²) < 4.78 is 7.75. The first-order chi connectivity index (χ1) is 8.66. The molecule has 2 rings (SSSR count). The van der Waals surface area contributed by atoms with E-state index >= 15 is 0 Å². The Bertz CT molecular complexity index is 488. The van der Waals surface area contributed by atoms with Crippen LogP contribution in [0.5, 0.6) is 5.75 Å². The summed E-state index contributed by atoms with van der Waals surface area (Å²) in [5.41, 5.74) is 6.91. The highest BCUT2D eigenvalue weighted by Crippen LogP contribution is 2.16. The lowest BCUT2D eigenvalue weighted by molar-refractivity contribution is 0.297. The predicted molar refractivity (Wildman–Crippen MR) is 71.5 cm³/mol. The first kappa shape index (κ1) is 12.6. The quantitative estimate of drug-likeness (QED) is 0.879. The number of aromatic nitrogens is 2. The first-order valence-corrected chi connectivity index (χ1v) is 6.13.